The molecule has 10 heteroatoms. The molecule has 0 aliphatic carbocycles. The highest BCUT2D eigenvalue weighted by Gasteiger charge is 2.21. The number of fused-ring (bicyclic) bond motifs is 1. The third-order valence-corrected chi connectivity index (χ3v) is 7.42. The number of amides is 1. The van der Waals surface area contributed by atoms with Gasteiger partial charge in [0.05, 0.1) is 35.6 Å². The summed E-state index contributed by atoms with van der Waals surface area (Å²) in [5, 5.41) is 7.18. The molecule has 0 radical (unpaired) electrons. The van der Waals surface area contributed by atoms with Crippen LogP contribution in [0.5, 0.6) is 5.75 Å². The van der Waals surface area contributed by atoms with Crippen molar-refractivity contribution in [2.75, 3.05) is 56.9 Å². The highest BCUT2D eigenvalue weighted by atomic mass is 19.1. The first-order valence-corrected chi connectivity index (χ1v) is 14.1. The maximum atomic E-state index is 14.3. The second-order valence-electron chi connectivity index (χ2n) is 10.7. The van der Waals surface area contributed by atoms with Gasteiger partial charge in [-0.25, -0.2) is 14.4 Å². The lowest BCUT2D eigenvalue weighted by atomic mass is 10.0. The molecule has 0 unspecified atom stereocenters. The number of nitrogens with zero attached hydrogens (tertiary/aromatic N) is 5. The minimum atomic E-state index is -0.331. The first kappa shape index (κ1) is 30.2. The molecule has 0 aliphatic heterocycles. The summed E-state index contributed by atoms with van der Waals surface area (Å²) >= 11 is 0. The second-order valence-corrected chi connectivity index (χ2v) is 10.7. The molecule has 1 amide bonds. The number of methoxy groups -OCH3 is 1. The lowest BCUT2D eigenvalue weighted by Crippen LogP contribution is -2.29. The van der Waals surface area contributed by atoms with Crippen LogP contribution >= 0.6 is 0 Å². The SMILES string of the molecule is C=CC(=O)Nc1cc(Nc2nccc(-c3c(-c4cccc(F)c4)n(C)c4ccccc34)n2)c(OC)cc1N(C)CCN(C)C. The number of rotatable bonds is 11. The standard InChI is InChI=1S/C34H36FN7O2/c1-7-31(43)37-26-20-27(30(44-6)21-29(26)41(4)18-17-40(2)3)39-34-36-16-15-25(38-34)32-24-13-8-9-14-28(24)42(5)33(32)22-11-10-12-23(35)19-22/h7-16,19-21H,1,17-18H2,2-6H3,(H,37,43)(H,36,38,39). The molecule has 2 N–H and O–H groups in total. The summed E-state index contributed by atoms with van der Waals surface area (Å²) in [5.41, 5.74) is 6.04. The van der Waals surface area contributed by atoms with Crippen LogP contribution in [0, 0.1) is 5.82 Å². The molecule has 9 nitrogen and oxygen atoms in total. The van der Waals surface area contributed by atoms with Gasteiger partial charge in [-0.15, -0.1) is 0 Å². The Morgan fingerprint density at radius 3 is 2.57 bits per heavy atom. The fourth-order valence-corrected chi connectivity index (χ4v) is 5.21. The van der Waals surface area contributed by atoms with Gasteiger partial charge >= 0.3 is 0 Å². The van der Waals surface area contributed by atoms with E-state index in [1.807, 2.05) is 70.7 Å². The van der Waals surface area contributed by atoms with Gasteiger partial charge in [-0.3, -0.25) is 4.79 Å². The van der Waals surface area contributed by atoms with Crippen molar-refractivity contribution in [3.05, 3.63) is 91.4 Å². The number of para-hydroxylation sites is 1. The molecule has 0 saturated heterocycles. The highest BCUT2D eigenvalue weighted by molar-refractivity contribution is 6.04. The monoisotopic (exact) mass is 593 g/mol. The number of aromatic nitrogens is 3. The Labute approximate surface area is 256 Å². The molecule has 226 valence electrons. The number of benzene rings is 3. The van der Waals surface area contributed by atoms with Crippen molar-refractivity contribution in [2.45, 2.75) is 0 Å². The summed E-state index contributed by atoms with van der Waals surface area (Å²) in [7, 11) is 9.53. The largest absolute Gasteiger partial charge is 0.494 e. The zero-order valence-electron chi connectivity index (χ0n) is 25.6. The fraction of sp³-hybridized carbons (Fsp3) is 0.206. The van der Waals surface area contributed by atoms with Crippen molar-refractivity contribution >= 4 is 39.8 Å². The van der Waals surface area contributed by atoms with E-state index in [1.54, 1.807) is 25.4 Å². The number of halogens is 1. The Morgan fingerprint density at radius 2 is 1.84 bits per heavy atom. The first-order valence-electron chi connectivity index (χ1n) is 14.1. The smallest absolute Gasteiger partial charge is 0.247 e. The van der Waals surface area contributed by atoms with Crippen molar-refractivity contribution in [1.82, 2.24) is 19.4 Å². The number of ether oxygens (including phenoxy) is 1. The molecule has 2 heterocycles. The van der Waals surface area contributed by atoms with E-state index >= 15 is 0 Å². The number of hydrogen-bond acceptors (Lipinski definition) is 7. The molecule has 5 aromatic rings. The molecular formula is C34H36FN7O2. The topological polar surface area (TPSA) is 87.5 Å². The molecule has 0 saturated carbocycles. The molecule has 5 rings (SSSR count). The molecule has 0 aliphatic rings. The summed E-state index contributed by atoms with van der Waals surface area (Å²) in [5.74, 6) is 0.231. The summed E-state index contributed by atoms with van der Waals surface area (Å²) in [4.78, 5) is 25.9. The van der Waals surface area contributed by atoms with Gasteiger partial charge in [0.1, 0.15) is 11.6 Å². The van der Waals surface area contributed by atoms with E-state index < -0.39 is 0 Å². The van der Waals surface area contributed by atoms with Crippen LogP contribution in [0.3, 0.4) is 0 Å². The van der Waals surface area contributed by atoms with Gasteiger partial charge in [0.2, 0.25) is 11.9 Å². The molecule has 0 fully saturated rings. The van der Waals surface area contributed by atoms with Gasteiger partial charge in [0, 0.05) is 61.5 Å². The van der Waals surface area contributed by atoms with Crippen LogP contribution in [0.4, 0.5) is 27.4 Å². The maximum absolute atomic E-state index is 14.3. The quantitative estimate of drug-likeness (QED) is 0.174. The minimum Gasteiger partial charge on any atom is -0.494 e. The molecule has 44 heavy (non-hydrogen) atoms. The van der Waals surface area contributed by atoms with E-state index in [0.717, 1.165) is 46.5 Å². The van der Waals surface area contributed by atoms with Crippen molar-refractivity contribution in [3.63, 3.8) is 0 Å². The average Bonchev–Trinajstić information content (AvgIpc) is 3.32. The van der Waals surface area contributed by atoms with Crippen molar-refractivity contribution in [1.29, 1.82) is 0 Å². The lowest BCUT2D eigenvalue weighted by molar-refractivity contribution is -0.111. The minimum absolute atomic E-state index is 0.314. The Kier molecular flexibility index (Phi) is 8.91. The number of hydrogen-bond donors (Lipinski definition) is 2. The zero-order valence-corrected chi connectivity index (χ0v) is 25.6. The Bertz CT molecular complexity index is 1830. The Morgan fingerprint density at radius 1 is 1.05 bits per heavy atom. The van der Waals surface area contributed by atoms with Crippen LogP contribution in [0.25, 0.3) is 33.4 Å². The van der Waals surface area contributed by atoms with Gasteiger partial charge in [-0.1, -0.05) is 36.9 Å². The van der Waals surface area contributed by atoms with Crippen LogP contribution in [-0.4, -0.2) is 66.7 Å². The third-order valence-electron chi connectivity index (χ3n) is 7.42. The second kappa shape index (κ2) is 13.0. The number of aryl methyl sites for hydroxylation is 1. The van der Waals surface area contributed by atoms with Crippen LogP contribution in [-0.2, 0) is 11.8 Å². The number of carbonyl (C=O) groups is 1. The molecular weight excluding hydrogens is 557 g/mol. The van der Waals surface area contributed by atoms with Crippen molar-refractivity contribution in [2.24, 2.45) is 7.05 Å². The summed E-state index contributed by atoms with van der Waals surface area (Å²) in [6, 6.07) is 20.1. The summed E-state index contributed by atoms with van der Waals surface area (Å²) in [6.45, 7) is 5.14. The van der Waals surface area contributed by atoms with E-state index in [9.17, 15) is 9.18 Å². The zero-order chi connectivity index (χ0) is 31.4. The lowest BCUT2D eigenvalue weighted by Gasteiger charge is -2.26. The van der Waals surface area contributed by atoms with Gasteiger partial charge in [0.25, 0.3) is 0 Å². The van der Waals surface area contributed by atoms with Gasteiger partial charge in [-0.2, -0.15) is 0 Å². The molecule has 0 spiro atoms. The molecule has 0 atom stereocenters. The van der Waals surface area contributed by atoms with E-state index in [4.69, 9.17) is 9.72 Å². The normalized spacial score (nSPS) is 11.1. The molecule has 0 bridgehead atoms. The number of nitrogens with one attached hydrogen (secondary N) is 2. The van der Waals surface area contributed by atoms with Crippen LogP contribution in [0.1, 0.15) is 0 Å². The van der Waals surface area contributed by atoms with E-state index in [-0.39, 0.29) is 11.7 Å². The number of anilines is 4. The first-order chi connectivity index (χ1) is 21.2. The van der Waals surface area contributed by atoms with Gasteiger partial charge in [0.15, 0.2) is 0 Å². The highest BCUT2D eigenvalue weighted by Crippen LogP contribution is 2.41. The fourth-order valence-electron chi connectivity index (χ4n) is 5.21. The number of likely N-dealkylation sites (N-methyl/N-ethyl adjacent to an activating group) is 2. The van der Waals surface area contributed by atoms with E-state index in [0.29, 0.717) is 28.8 Å². The average molecular weight is 594 g/mol. The van der Waals surface area contributed by atoms with Crippen LogP contribution in [0.15, 0.2) is 85.6 Å². The Hall–Kier alpha value is -5.22. The van der Waals surface area contributed by atoms with Crippen LogP contribution in [0.2, 0.25) is 0 Å². The van der Waals surface area contributed by atoms with Crippen molar-refractivity contribution in [3.8, 4) is 28.3 Å². The summed E-state index contributed by atoms with van der Waals surface area (Å²) in [6.07, 6.45) is 2.91. The Balaban J connectivity index is 1.59. The molecule has 2 aromatic heterocycles. The van der Waals surface area contributed by atoms with Gasteiger partial charge < -0.3 is 29.7 Å². The van der Waals surface area contributed by atoms with Crippen molar-refractivity contribution < 1.29 is 13.9 Å². The third kappa shape index (κ3) is 6.25. The predicted molar refractivity (Wildman–Crippen MR) is 176 cm³/mol. The predicted octanol–water partition coefficient (Wildman–Crippen LogP) is 6.32. The van der Waals surface area contributed by atoms with Gasteiger partial charge in [-0.05, 0) is 50.5 Å². The van der Waals surface area contributed by atoms with Crippen LogP contribution < -0.4 is 20.3 Å². The maximum Gasteiger partial charge on any atom is 0.247 e. The van der Waals surface area contributed by atoms with E-state index in [2.05, 4.69) is 36.6 Å². The van der Waals surface area contributed by atoms with E-state index in [1.165, 1.54) is 18.2 Å². The number of carbonyl (C=O) groups excluding carboxylic acids is 1. The molecule has 3 aromatic carbocycles. The summed E-state index contributed by atoms with van der Waals surface area (Å²) < 4.78 is 22.2.